The lowest BCUT2D eigenvalue weighted by molar-refractivity contribution is 0.0941. The fraction of sp³-hybridized carbons (Fsp3) is 0.200. The summed E-state index contributed by atoms with van der Waals surface area (Å²) >= 11 is 6.35. The van der Waals surface area contributed by atoms with Crippen molar-refractivity contribution in [3.05, 3.63) is 94.8 Å². The lowest BCUT2D eigenvalue weighted by Gasteiger charge is -2.29. The number of imidazole rings is 1. The third-order valence-corrected chi connectivity index (χ3v) is 8.09. The van der Waals surface area contributed by atoms with E-state index < -0.39 is 16.1 Å². The third-order valence-electron chi connectivity index (χ3n) is 5.92. The van der Waals surface area contributed by atoms with Crippen LogP contribution in [0.25, 0.3) is 11.0 Å². The Morgan fingerprint density at radius 2 is 1.79 bits per heavy atom. The van der Waals surface area contributed by atoms with Crippen molar-refractivity contribution in [2.45, 2.75) is 18.9 Å². The minimum atomic E-state index is -3.46. The van der Waals surface area contributed by atoms with Gasteiger partial charge in [0.25, 0.3) is 5.91 Å². The minimum Gasteiger partial charge on any atom is -0.340 e. The molecule has 0 spiro atoms. The lowest BCUT2D eigenvalue weighted by Crippen LogP contribution is -2.38. The molecule has 34 heavy (non-hydrogen) atoms. The molecule has 1 atom stereocenters. The number of amides is 1. The molecule has 5 rings (SSSR count). The molecule has 2 heterocycles. The molecule has 1 fully saturated rings. The number of anilines is 1. The van der Waals surface area contributed by atoms with Crippen LogP contribution in [0.15, 0.2) is 72.8 Å². The molecule has 4 aromatic rings. The second-order valence-electron chi connectivity index (χ2n) is 8.22. The summed E-state index contributed by atoms with van der Waals surface area (Å²) in [5.74, 6) is 0.317. The van der Waals surface area contributed by atoms with Crippen molar-refractivity contribution in [1.82, 2.24) is 15.3 Å². The summed E-state index contributed by atoms with van der Waals surface area (Å²) in [4.78, 5) is 21.3. The smallest absolute Gasteiger partial charge is 0.252 e. The summed E-state index contributed by atoms with van der Waals surface area (Å²) in [7, 11) is -3.46. The molecule has 1 aliphatic heterocycles. The van der Waals surface area contributed by atoms with E-state index in [1.54, 1.807) is 18.2 Å². The number of H-pyrrole nitrogens is 1. The molecule has 9 heteroatoms. The maximum absolute atomic E-state index is 13.4. The van der Waals surface area contributed by atoms with Gasteiger partial charge in [0.15, 0.2) is 0 Å². The maximum atomic E-state index is 13.4. The quantitative estimate of drug-likeness (QED) is 0.421. The highest BCUT2D eigenvalue weighted by molar-refractivity contribution is 7.92. The molecule has 0 bridgehead atoms. The van der Waals surface area contributed by atoms with Crippen LogP contribution in [0.5, 0.6) is 0 Å². The first-order chi connectivity index (χ1) is 16.4. The van der Waals surface area contributed by atoms with Crippen molar-refractivity contribution in [2.75, 3.05) is 16.6 Å². The van der Waals surface area contributed by atoms with Crippen LogP contribution >= 0.6 is 11.6 Å². The molecule has 0 unspecified atom stereocenters. The number of carbonyl (C=O) groups excluding carboxylic acids is 1. The number of benzene rings is 3. The molecule has 0 saturated carbocycles. The summed E-state index contributed by atoms with van der Waals surface area (Å²) in [6.07, 6.45) is 1.36. The van der Waals surface area contributed by atoms with Crippen LogP contribution in [0.3, 0.4) is 0 Å². The first-order valence-electron chi connectivity index (χ1n) is 11.0. The van der Waals surface area contributed by atoms with E-state index in [4.69, 9.17) is 11.6 Å². The van der Waals surface area contributed by atoms with Crippen LogP contribution in [0.1, 0.15) is 40.6 Å². The van der Waals surface area contributed by atoms with Crippen LogP contribution in [-0.2, 0) is 10.0 Å². The van der Waals surface area contributed by atoms with Gasteiger partial charge in [-0.25, -0.2) is 13.4 Å². The number of carbonyl (C=O) groups is 1. The van der Waals surface area contributed by atoms with E-state index >= 15 is 0 Å². The highest BCUT2D eigenvalue weighted by Gasteiger charge is 2.29. The molecule has 7 nitrogen and oxygen atoms in total. The second kappa shape index (κ2) is 9.12. The van der Waals surface area contributed by atoms with E-state index in [2.05, 4.69) is 15.3 Å². The van der Waals surface area contributed by atoms with Crippen LogP contribution in [0, 0.1) is 0 Å². The van der Waals surface area contributed by atoms with Crippen molar-refractivity contribution in [2.24, 2.45) is 0 Å². The number of sulfonamides is 1. The van der Waals surface area contributed by atoms with E-state index in [1.807, 2.05) is 54.6 Å². The van der Waals surface area contributed by atoms with Gasteiger partial charge in [-0.2, -0.15) is 0 Å². The zero-order valence-corrected chi connectivity index (χ0v) is 19.8. The van der Waals surface area contributed by atoms with E-state index in [-0.39, 0.29) is 11.7 Å². The number of rotatable bonds is 5. The average molecular weight is 495 g/mol. The second-order valence-corrected chi connectivity index (χ2v) is 10.6. The van der Waals surface area contributed by atoms with Crippen LogP contribution < -0.4 is 9.62 Å². The monoisotopic (exact) mass is 494 g/mol. The summed E-state index contributed by atoms with van der Waals surface area (Å²) in [5, 5.41) is 3.34. The number of para-hydroxylation sites is 2. The molecule has 0 aliphatic carbocycles. The molecule has 3 aromatic carbocycles. The number of nitrogens with one attached hydrogen (secondary N) is 2. The van der Waals surface area contributed by atoms with Gasteiger partial charge in [-0.15, -0.1) is 0 Å². The maximum Gasteiger partial charge on any atom is 0.252 e. The largest absolute Gasteiger partial charge is 0.340 e. The molecule has 1 aliphatic rings. The molecule has 0 radical (unpaired) electrons. The number of halogens is 1. The Hall–Kier alpha value is -3.36. The zero-order chi connectivity index (χ0) is 23.7. The van der Waals surface area contributed by atoms with E-state index in [0.29, 0.717) is 35.1 Å². The van der Waals surface area contributed by atoms with Crippen molar-refractivity contribution < 1.29 is 13.2 Å². The van der Waals surface area contributed by atoms with E-state index in [0.717, 1.165) is 23.0 Å². The average Bonchev–Trinajstić information content (AvgIpc) is 3.27. The van der Waals surface area contributed by atoms with Crippen LogP contribution in [-0.4, -0.2) is 36.6 Å². The van der Waals surface area contributed by atoms with Crippen molar-refractivity contribution >= 4 is 44.3 Å². The summed E-state index contributed by atoms with van der Waals surface area (Å²) in [6.45, 7) is 0.346. The number of fused-ring (bicyclic) bond motifs is 1. The molecule has 1 amide bonds. The predicted octanol–water partition coefficient (Wildman–Crippen LogP) is 4.67. The van der Waals surface area contributed by atoms with Crippen molar-refractivity contribution in [3.8, 4) is 0 Å². The predicted molar refractivity (Wildman–Crippen MR) is 134 cm³/mol. The fourth-order valence-electron chi connectivity index (χ4n) is 4.18. The fourth-order valence-corrected chi connectivity index (χ4v) is 6.10. The Labute approximate surface area is 202 Å². The highest BCUT2D eigenvalue weighted by atomic mass is 35.5. The number of aromatic amines is 1. The van der Waals surface area contributed by atoms with Gasteiger partial charge in [-0.05, 0) is 48.7 Å². The molecule has 1 aromatic heterocycles. The Balaban J connectivity index is 1.49. The topological polar surface area (TPSA) is 95.2 Å². The summed E-state index contributed by atoms with van der Waals surface area (Å²) in [5.41, 5.74) is 3.18. The van der Waals surface area contributed by atoms with E-state index in [1.165, 1.54) is 4.31 Å². The Kier molecular flexibility index (Phi) is 6.02. The first-order valence-corrected chi connectivity index (χ1v) is 13.0. The number of aromatic nitrogens is 2. The molecule has 1 saturated heterocycles. The Bertz CT molecular complexity index is 1420. The van der Waals surface area contributed by atoms with Crippen molar-refractivity contribution in [3.63, 3.8) is 0 Å². The Morgan fingerprint density at radius 1 is 1.03 bits per heavy atom. The Morgan fingerprint density at radius 3 is 2.56 bits per heavy atom. The molecule has 174 valence electrons. The van der Waals surface area contributed by atoms with Gasteiger partial charge < -0.3 is 10.3 Å². The standard InChI is InChI=1S/C25H23ClN4O3S/c26-19-13-12-18(16-22(19)30-14-6-7-15-34(30,32)33)25(31)29-23(17-8-2-1-3-9-17)24-27-20-10-4-5-11-21(20)28-24/h1-5,8-13,16,23H,6-7,14-15H2,(H,27,28)(H,29,31)/t23-/m1/s1. The van der Waals surface area contributed by atoms with Gasteiger partial charge in [0.05, 0.1) is 27.5 Å². The zero-order valence-electron chi connectivity index (χ0n) is 18.2. The van der Waals surface area contributed by atoms with Gasteiger partial charge in [-0.1, -0.05) is 54.1 Å². The SMILES string of the molecule is O=C(N[C@H](c1ccccc1)c1nc2ccccc2[nH]1)c1ccc(Cl)c(N2CCCCS2(=O)=O)c1. The molecule has 2 N–H and O–H groups in total. The number of nitrogens with zero attached hydrogens (tertiary/aromatic N) is 2. The summed E-state index contributed by atoms with van der Waals surface area (Å²) in [6, 6.07) is 21.4. The van der Waals surface area contributed by atoms with Crippen LogP contribution in [0.2, 0.25) is 5.02 Å². The lowest BCUT2D eigenvalue weighted by atomic mass is 10.1. The molecular formula is C25H23ClN4O3S. The van der Waals surface area contributed by atoms with Crippen molar-refractivity contribution in [1.29, 1.82) is 0 Å². The van der Waals surface area contributed by atoms with Gasteiger partial charge >= 0.3 is 0 Å². The number of hydrogen-bond donors (Lipinski definition) is 2. The number of hydrogen-bond acceptors (Lipinski definition) is 4. The molecular weight excluding hydrogens is 472 g/mol. The minimum absolute atomic E-state index is 0.0713. The van der Waals surface area contributed by atoms with Gasteiger partial charge in [0.1, 0.15) is 11.9 Å². The highest BCUT2D eigenvalue weighted by Crippen LogP contribution is 2.32. The van der Waals surface area contributed by atoms with Crippen LogP contribution in [0.4, 0.5) is 5.69 Å². The van der Waals surface area contributed by atoms with Gasteiger partial charge in [0, 0.05) is 12.1 Å². The summed E-state index contributed by atoms with van der Waals surface area (Å²) < 4.78 is 26.5. The third kappa shape index (κ3) is 4.38. The van der Waals surface area contributed by atoms with E-state index in [9.17, 15) is 13.2 Å². The van der Waals surface area contributed by atoms with Gasteiger partial charge in [-0.3, -0.25) is 9.10 Å². The van der Waals surface area contributed by atoms with Gasteiger partial charge in [0.2, 0.25) is 10.0 Å². The first kappa shape index (κ1) is 22.4. The normalized spacial score (nSPS) is 16.3.